The molecule has 168 valence electrons. The third kappa shape index (κ3) is 5.29. The number of rotatable bonds is 7. The summed E-state index contributed by atoms with van der Waals surface area (Å²) in [6.45, 7) is 0.168. The lowest BCUT2D eigenvalue weighted by molar-refractivity contribution is -0.137. The number of hydrogen-bond acceptors (Lipinski definition) is 5. The van der Waals surface area contributed by atoms with Crippen molar-refractivity contribution in [3.05, 3.63) is 48.0 Å². The average molecular weight is 447 g/mol. The molecule has 7 nitrogen and oxygen atoms in total. The Kier molecular flexibility index (Phi) is 6.88. The Labute approximate surface area is 182 Å². The van der Waals surface area contributed by atoms with E-state index in [9.17, 15) is 22.8 Å². The van der Waals surface area contributed by atoms with E-state index >= 15 is 0 Å². The molecule has 0 saturated carbocycles. The lowest BCUT2D eigenvalue weighted by Gasteiger charge is -2.23. The largest absolute Gasteiger partial charge is 0.495 e. The van der Waals surface area contributed by atoms with E-state index in [4.69, 9.17) is 14.7 Å². The zero-order valence-corrected chi connectivity index (χ0v) is 17.1. The second-order valence-electron chi connectivity index (χ2n) is 7.03. The molecule has 1 aliphatic heterocycles. The van der Waals surface area contributed by atoms with Gasteiger partial charge < -0.3 is 19.7 Å². The summed E-state index contributed by atoms with van der Waals surface area (Å²) in [6, 6.07) is 10.0. The van der Waals surface area contributed by atoms with Crippen molar-refractivity contribution in [2.75, 3.05) is 19.0 Å². The summed E-state index contributed by atoms with van der Waals surface area (Å²) in [6.07, 6.45) is -3.77. The highest BCUT2D eigenvalue weighted by molar-refractivity contribution is 6.00. The van der Waals surface area contributed by atoms with Gasteiger partial charge in [-0.2, -0.15) is 18.4 Å². The first-order chi connectivity index (χ1) is 15.2. The van der Waals surface area contributed by atoms with E-state index in [1.54, 1.807) is 12.1 Å². The molecule has 0 aromatic heterocycles. The highest BCUT2D eigenvalue weighted by Crippen LogP contribution is 2.34. The lowest BCUT2D eigenvalue weighted by Crippen LogP contribution is -2.42. The first-order valence-corrected chi connectivity index (χ1v) is 9.73. The molecule has 1 unspecified atom stereocenters. The van der Waals surface area contributed by atoms with Gasteiger partial charge in [0.15, 0.2) is 0 Å². The Hall–Kier alpha value is -3.74. The monoisotopic (exact) mass is 447 g/mol. The summed E-state index contributed by atoms with van der Waals surface area (Å²) < 4.78 is 49.0. The number of hydrogen-bond donors (Lipinski definition) is 1. The predicted octanol–water partition coefficient (Wildman–Crippen LogP) is 4.35. The van der Waals surface area contributed by atoms with Gasteiger partial charge in [-0.25, -0.2) is 0 Å². The molecule has 1 N–H and O–H groups in total. The van der Waals surface area contributed by atoms with Crippen molar-refractivity contribution < 1.29 is 32.2 Å². The van der Waals surface area contributed by atoms with Crippen LogP contribution in [0.5, 0.6) is 17.2 Å². The van der Waals surface area contributed by atoms with E-state index in [1.807, 2.05) is 6.07 Å². The predicted molar refractivity (Wildman–Crippen MR) is 108 cm³/mol. The Bertz CT molecular complexity index is 1030. The minimum atomic E-state index is -4.45. The summed E-state index contributed by atoms with van der Waals surface area (Å²) in [4.78, 5) is 26.2. The van der Waals surface area contributed by atoms with Crippen molar-refractivity contribution in [1.29, 1.82) is 5.26 Å². The molecule has 1 atom stereocenters. The van der Waals surface area contributed by atoms with Crippen molar-refractivity contribution in [3.63, 3.8) is 0 Å². The normalized spacial score (nSPS) is 15.9. The zero-order chi connectivity index (χ0) is 23.3. The molecular formula is C22H20F3N3O4. The molecule has 0 bridgehead atoms. The molecule has 0 radical (unpaired) electrons. The van der Waals surface area contributed by atoms with Gasteiger partial charge in [-0.05, 0) is 42.8 Å². The van der Waals surface area contributed by atoms with Gasteiger partial charge in [0.25, 0.3) is 0 Å². The molecule has 0 spiro atoms. The summed E-state index contributed by atoms with van der Waals surface area (Å²) >= 11 is 0. The second kappa shape index (κ2) is 9.60. The van der Waals surface area contributed by atoms with Crippen molar-refractivity contribution in [1.82, 2.24) is 4.90 Å². The Morgan fingerprint density at radius 1 is 1.22 bits per heavy atom. The van der Waals surface area contributed by atoms with Gasteiger partial charge in [0.2, 0.25) is 11.8 Å². The fraction of sp³-hybridized carbons (Fsp3) is 0.318. The number of nitrogens with zero attached hydrogens (tertiary/aromatic N) is 2. The van der Waals surface area contributed by atoms with Gasteiger partial charge in [-0.3, -0.25) is 9.59 Å². The van der Waals surface area contributed by atoms with Crippen LogP contribution in [-0.4, -0.2) is 36.4 Å². The molecule has 1 fully saturated rings. The smallest absolute Gasteiger partial charge is 0.416 e. The second-order valence-corrected chi connectivity index (χ2v) is 7.03. The molecule has 10 heteroatoms. The fourth-order valence-electron chi connectivity index (χ4n) is 3.37. The first-order valence-electron chi connectivity index (χ1n) is 9.73. The maximum Gasteiger partial charge on any atom is 0.416 e. The number of alkyl halides is 3. The van der Waals surface area contributed by atoms with Gasteiger partial charge >= 0.3 is 6.18 Å². The number of halogens is 3. The molecule has 2 amide bonds. The fourth-order valence-corrected chi connectivity index (χ4v) is 3.37. The maximum atomic E-state index is 12.8. The van der Waals surface area contributed by atoms with Crippen LogP contribution in [0.3, 0.4) is 0 Å². The van der Waals surface area contributed by atoms with Crippen molar-refractivity contribution >= 4 is 17.5 Å². The first kappa shape index (κ1) is 22.9. The standard InChI is InChI=1S/C22H20F3N3O4/c1-31-19-9-7-16(32-15-5-3-14(4-6-15)22(23,24)25)13-17(19)27-21(30)18-8-10-20(29)28(18)12-2-11-26/h3-7,9,13,18H,2,8,10,12H2,1H3,(H,27,30). The van der Waals surface area contributed by atoms with Crippen molar-refractivity contribution in [2.45, 2.75) is 31.5 Å². The number of carbonyl (C=O) groups is 2. The van der Waals surface area contributed by atoms with Crippen LogP contribution < -0.4 is 14.8 Å². The molecule has 32 heavy (non-hydrogen) atoms. The van der Waals surface area contributed by atoms with E-state index in [2.05, 4.69) is 5.32 Å². The Morgan fingerprint density at radius 3 is 2.53 bits per heavy atom. The molecule has 2 aromatic carbocycles. The third-order valence-corrected chi connectivity index (χ3v) is 4.94. The number of ether oxygens (including phenoxy) is 2. The van der Waals surface area contributed by atoms with Crippen LogP contribution >= 0.6 is 0 Å². The minimum Gasteiger partial charge on any atom is -0.495 e. The lowest BCUT2D eigenvalue weighted by atomic mass is 10.2. The molecular weight excluding hydrogens is 427 g/mol. The number of nitriles is 1. The van der Waals surface area contributed by atoms with Crippen LogP contribution in [0.1, 0.15) is 24.8 Å². The number of amides is 2. The topological polar surface area (TPSA) is 91.7 Å². The van der Waals surface area contributed by atoms with Crippen LogP contribution in [0, 0.1) is 11.3 Å². The number of anilines is 1. The Balaban J connectivity index is 1.75. The number of benzene rings is 2. The summed E-state index contributed by atoms with van der Waals surface area (Å²) in [5.41, 5.74) is -0.513. The number of nitrogens with one attached hydrogen (secondary N) is 1. The molecule has 1 aliphatic rings. The SMILES string of the molecule is COc1ccc(Oc2ccc(C(F)(F)F)cc2)cc1NC(=O)C1CCC(=O)N1CCC#N. The van der Waals surface area contributed by atoms with E-state index in [1.165, 1.54) is 30.2 Å². The van der Waals surface area contributed by atoms with Crippen LogP contribution in [-0.2, 0) is 15.8 Å². The van der Waals surface area contributed by atoms with Crippen LogP contribution in [0.15, 0.2) is 42.5 Å². The van der Waals surface area contributed by atoms with Crippen molar-refractivity contribution in [2.24, 2.45) is 0 Å². The summed E-state index contributed by atoms with van der Waals surface area (Å²) in [5.74, 6) is 0.172. The highest BCUT2D eigenvalue weighted by Gasteiger charge is 2.36. The molecule has 1 heterocycles. The van der Waals surface area contributed by atoms with E-state index in [0.717, 1.165) is 12.1 Å². The Morgan fingerprint density at radius 2 is 1.91 bits per heavy atom. The van der Waals surface area contributed by atoms with Crippen LogP contribution in [0.25, 0.3) is 0 Å². The highest BCUT2D eigenvalue weighted by atomic mass is 19.4. The molecule has 0 aliphatic carbocycles. The molecule has 1 saturated heterocycles. The van der Waals surface area contributed by atoms with Crippen LogP contribution in [0.4, 0.5) is 18.9 Å². The number of methoxy groups -OCH3 is 1. The van der Waals surface area contributed by atoms with Gasteiger partial charge in [0, 0.05) is 19.0 Å². The minimum absolute atomic E-state index is 0.120. The van der Waals surface area contributed by atoms with Gasteiger partial charge in [-0.1, -0.05) is 0 Å². The number of likely N-dealkylation sites (tertiary alicyclic amines) is 1. The third-order valence-electron chi connectivity index (χ3n) is 4.94. The van der Waals surface area contributed by atoms with E-state index in [0.29, 0.717) is 12.2 Å². The quantitative estimate of drug-likeness (QED) is 0.682. The molecule has 2 aromatic rings. The maximum absolute atomic E-state index is 12.8. The summed E-state index contributed by atoms with van der Waals surface area (Å²) in [7, 11) is 1.42. The van der Waals surface area contributed by atoms with Gasteiger partial charge in [-0.15, -0.1) is 0 Å². The van der Waals surface area contributed by atoms with Gasteiger partial charge in [0.1, 0.15) is 23.3 Å². The van der Waals surface area contributed by atoms with Gasteiger partial charge in [0.05, 0.1) is 30.9 Å². The average Bonchev–Trinajstić information content (AvgIpc) is 3.12. The van der Waals surface area contributed by atoms with Crippen LogP contribution in [0.2, 0.25) is 0 Å². The van der Waals surface area contributed by atoms with E-state index < -0.39 is 23.7 Å². The number of carbonyl (C=O) groups excluding carboxylic acids is 2. The van der Waals surface area contributed by atoms with Crippen molar-refractivity contribution in [3.8, 4) is 23.3 Å². The molecule has 3 rings (SSSR count). The zero-order valence-electron chi connectivity index (χ0n) is 17.1. The van der Waals surface area contributed by atoms with E-state index in [-0.39, 0.29) is 42.5 Å². The summed E-state index contributed by atoms with van der Waals surface area (Å²) in [5, 5.41) is 11.5.